The fraction of sp³-hybridized carbons (Fsp3) is 0.417. The molecule has 0 heterocycles. The van der Waals surface area contributed by atoms with E-state index in [9.17, 15) is 14.7 Å². The molecular weight excluding hydrogens is 380 g/mol. The van der Waals surface area contributed by atoms with Gasteiger partial charge in [0, 0.05) is 13.1 Å². The monoisotopic (exact) mass is 412 g/mol. The highest BCUT2D eigenvalue weighted by Gasteiger charge is 2.28. The van der Waals surface area contributed by atoms with Crippen LogP contribution in [0.25, 0.3) is 0 Å². The second kappa shape index (κ2) is 10.3. The summed E-state index contributed by atoms with van der Waals surface area (Å²) >= 11 is 0. The Balaban J connectivity index is 2.21. The van der Waals surface area contributed by atoms with Crippen molar-refractivity contribution in [2.45, 2.75) is 59.4 Å². The third-order valence-electron chi connectivity index (χ3n) is 4.47. The molecule has 0 aliphatic carbocycles. The SMILES string of the molecule is Cc1ccc(CN(Cc2ccc(C)cc2)C(=O)[C@H](CO)NC(=O)OC(C)(C)C)cc1. The van der Waals surface area contributed by atoms with Crippen molar-refractivity contribution in [3.63, 3.8) is 0 Å². The van der Waals surface area contributed by atoms with Gasteiger partial charge in [-0.3, -0.25) is 4.79 Å². The van der Waals surface area contributed by atoms with E-state index >= 15 is 0 Å². The summed E-state index contributed by atoms with van der Waals surface area (Å²) in [5.41, 5.74) is 3.51. The van der Waals surface area contributed by atoms with Crippen molar-refractivity contribution in [1.82, 2.24) is 10.2 Å². The van der Waals surface area contributed by atoms with Crippen LogP contribution < -0.4 is 5.32 Å². The van der Waals surface area contributed by atoms with Gasteiger partial charge in [0.2, 0.25) is 5.91 Å². The average Bonchev–Trinajstić information content (AvgIpc) is 2.67. The first kappa shape index (κ1) is 23.4. The van der Waals surface area contributed by atoms with Crippen LogP contribution in [0.5, 0.6) is 0 Å². The molecule has 2 rings (SSSR count). The number of hydrogen-bond acceptors (Lipinski definition) is 4. The number of hydrogen-bond donors (Lipinski definition) is 2. The van der Waals surface area contributed by atoms with Crippen molar-refractivity contribution < 1.29 is 19.4 Å². The minimum Gasteiger partial charge on any atom is -0.444 e. The van der Waals surface area contributed by atoms with Gasteiger partial charge in [-0.15, -0.1) is 0 Å². The molecular formula is C24H32N2O4. The summed E-state index contributed by atoms with van der Waals surface area (Å²) in [5, 5.41) is 12.3. The molecule has 0 unspecified atom stereocenters. The predicted octanol–water partition coefficient (Wildman–Crippen LogP) is 3.72. The lowest BCUT2D eigenvalue weighted by Crippen LogP contribution is -2.51. The average molecular weight is 413 g/mol. The molecule has 6 nitrogen and oxygen atoms in total. The van der Waals surface area contributed by atoms with E-state index in [1.54, 1.807) is 25.7 Å². The van der Waals surface area contributed by atoms with Crippen molar-refractivity contribution >= 4 is 12.0 Å². The van der Waals surface area contributed by atoms with Crippen molar-refractivity contribution in [2.24, 2.45) is 0 Å². The van der Waals surface area contributed by atoms with Crippen molar-refractivity contribution in [2.75, 3.05) is 6.61 Å². The lowest BCUT2D eigenvalue weighted by atomic mass is 10.1. The fourth-order valence-electron chi connectivity index (χ4n) is 2.90. The summed E-state index contributed by atoms with van der Waals surface area (Å²) in [5.74, 6) is -0.371. The third-order valence-corrected chi connectivity index (χ3v) is 4.47. The summed E-state index contributed by atoms with van der Waals surface area (Å²) in [7, 11) is 0. The lowest BCUT2D eigenvalue weighted by Gasteiger charge is -2.28. The molecule has 0 saturated carbocycles. The van der Waals surface area contributed by atoms with E-state index in [0.717, 1.165) is 22.3 Å². The van der Waals surface area contributed by atoms with Crippen LogP contribution in [-0.4, -0.2) is 40.3 Å². The van der Waals surface area contributed by atoms with Crippen LogP contribution in [0.1, 0.15) is 43.0 Å². The maximum Gasteiger partial charge on any atom is 0.408 e. The van der Waals surface area contributed by atoms with E-state index in [2.05, 4.69) is 5.32 Å². The first-order valence-corrected chi connectivity index (χ1v) is 10.1. The van der Waals surface area contributed by atoms with Gasteiger partial charge in [-0.1, -0.05) is 59.7 Å². The van der Waals surface area contributed by atoms with Crippen LogP contribution in [0.2, 0.25) is 0 Å². The Hall–Kier alpha value is -2.86. The maximum absolute atomic E-state index is 13.2. The van der Waals surface area contributed by atoms with Gasteiger partial charge in [-0.05, 0) is 45.7 Å². The van der Waals surface area contributed by atoms with Gasteiger partial charge < -0.3 is 20.1 Å². The number of aryl methyl sites for hydroxylation is 2. The molecule has 0 aromatic heterocycles. The van der Waals surface area contributed by atoms with Crippen molar-refractivity contribution in [3.05, 3.63) is 70.8 Å². The van der Waals surface area contributed by atoms with Crippen LogP contribution in [-0.2, 0) is 22.6 Å². The summed E-state index contributed by atoms with van der Waals surface area (Å²) in [6.45, 7) is 9.43. The summed E-state index contributed by atoms with van der Waals surface area (Å²) in [4.78, 5) is 27.0. The van der Waals surface area contributed by atoms with E-state index in [-0.39, 0.29) is 5.91 Å². The minimum atomic E-state index is -1.09. The number of alkyl carbamates (subject to hydrolysis) is 1. The number of amides is 2. The molecule has 162 valence electrons. The molecule has 0 radical (unpaired) electrons. The number of rotatable bonds is 7. The quantitative estimate of drug-likeness (QED) is 0.727. The first-order valence-electron chi connectivity index (χ1n) is 10.1. The normalized spacial score (nSPS) is 12.2. The van der Waals surface area contributed by atoms with Gasteiger partial charge in [-0.25, -0.2) is 4.79 Å². The second-order valence-electron chi connectivity index (χ2n) is 8.55. The maximum atomic E-state index is 13.2. The van der Waals surface area contributed by atoms with Crippen LogP contribution in [0.15, 0.2) is 48.5 Å². The number of aliphatic hydroxyl groups is 1. The van der Waals surface area contributed by atoms with Gasteiger partial charge in [0.25, 0.3) is 0 Å². The van der Waals surface area contributed by atoms with Crippen molar-refractivity contribution in [3.8, 4) is 0 Å². The molecule has 2 aromatic carbocycles. The summed E-state index contributed by atoms with van der Waals surface area (Å²) in [6.07, 6.45) is -0.736. The number of nitrogens with one attached hydrogen (secondary N) is 1. The molecule has 2 amide bonds. The molecule has 0 spiro atoms. The highest BCUT2D eigenvalue weighted by atomic mass is 16.6. The van der Waals surface area contributed by atoms with E-state index in [1.807, 2.05) is 62.4 Å². The Morgan fingerprint density at radius 2 is 1.37 bits per heavy atom. The Bertz CT molecular complexity index is 792. The molecule has 6 heteroatoms. The molecule has 0 aliphatic rings. The Labute approximate surface area is 178 Å². The van der Waals surface area contributed by atoms with Gasteiger partial charge in [-0.2, -0.15) is 0 Å². The zero-order chi connectivity index (χ0) is 22.3. The van der Waals surface area contributed by atoms with Gasteiger partial charge in [0.1, 0.15) is 11.6 Å². The number of nitrogens with zero attached hydrogens (tertiary/aromatic N) is 1. The molecule has 2 N–H and O–H groups in total. The standard InChI is InChI=1S/C24H32N2O4/c1-17-6-10-19(11-7-17)14-26(15-20-12-8-18(2)9-13-20)22(28)21(16-27)25-23(29)30-24(3,4)5/h6-13,21,27H,14-16H2,1-5H3,(H,25,29)/t21-/m0/s1. The number of benzene rings is 2. The summed E-state index contributed by atoms with van der Waals surface area (Å²) in [6, 6.07) is 14.8. The highest BCUT2D eigenvalue weighted by molar-refractivity contribution is 5.86. The second-order valence-corrected chi connectivity index (χ2v) is 8.55. The number of carbonyl (C=O) groups is 2. The molecule has 0 saturated heterocycles. The molecule has 0 bridgehead atoms. The molecule has 0 aliphatic heterocycles. The van der Waals surface area contributed by atoms with E-state index in [4.69, 9.17) is 4.74 Å². The Kier molecular flexibility index (Phi) is 8.00. The summed E-state index contributed by atoms with van der Waals surface area (Å²) < 4.78 is 5.23. The molecule has 2 aromatic rings. The lowest BCUT2D eigenvalue weighted by molar-refractivity contribution is -0.135. The fourth-order valence-corrected chi connectivity index (χ4v) is 2.90. The number of ether oxygens (including phenoxy) is 1. The highest BCUT2D eigenvalue weighted by Crippen LogP contribution is 2.14. The van der Waals surface area contributed by atoms with E-state index in [1.165, 1.54) is 0 Å². The largest absolute Gasteiger partial charge is 0.444 e. The number of carbonyl (C=O) groups excluding carboxylic acids is 2. The van der Waals surface area contributed by atoms with Crippen LogP contribution >= 0.6 is 0 Å². The molecule has 30 heavy (non-hydrogen) atoms. The van der Waals surface area contributed by atoms with Crippen molar-refractivity contribution in [1.29, 1.82) is 0 Å². The van der Waals surface area contributed by atoms with Crippen LogP contribution in [0.4, 0.5) is 4.79 Å². The number of aliphatic hydroxyl groups excluding tert-OH is 1. The smallest absolute Gasteiger partial charge is 0.408 e. The third kappa shape index (κ3) is 7.52. The first-order chi connectivity index (χ1) is 14.1. The van der Waals surface area contributed by atoms with Gasteiger partial charge in [0.15, 0.2) is 0 Å². The van der Waals surface area contributed by atoms with Gasteiger partial charge >= 0.3 is 6.09 Å². The predicted molar refractivity (Wildman–Crippen MR) is 117 cm³/mol. The van der Waals surface area contributed by atoms with E-state index < -0.39 is 24.3 Å². The topological polar surface area (TPSA) is 78.9 Å². The molecule has 0 fully saturated rings. The van der Waals surface area contributed by atoms with Crippen LogP contribution in [0, 0.1) is 13.8 Å². The zero-order valence-corrected chi connectivity index (χ0v) is 18.4. The Morgan fingerprint density at radius 3 is 1.73 bits per heavy atom. The van der Waals surface area contributed by atoms with Crippen LogP contribution in [0.3, 0.4) is 0 Å². The molecule has 1 atom stereocenters. The Morgan fingerprint density at radius 1 is 0.933 bits per heavy atom. The zero-order valence-electron chi connectivity index (χ0n) is 18.4. The van der Waals surface area contributed by atoms with E-state index in [0.29, 0.717) is 13.1 Å². The van der Waals surface area contributed by atoms with Gasteiger partial charge in [0.05, 0.1) is 6.61 Å². The minimum absolute atomic E-state index is 0.361.